The number of fused-ring (bicyclic) bond motifs is 1. The van der Waals surface area contributed by atoms with Crippen LogP contribution in [0.1, 0.15) is 37.7 Å². The molecule has 21 heavy (non-hydrogen) atoms. The van der Waals surface area contributed by atoms with Crippen molar-refractivity contribution < 1.29 is 14.7 Å². The first-order valence-corrected chi connectivity index (χ1v) is 7.42. The van der Waals surface area contributed by atoms with Gasteiger partial charge in [-0.25, -0.2) is 0 Å². The summed E-state index contributed by atoms with van der Waals surface area (Å²) in [6.45, 7) is 2.98. The van der Waals surface area contributed by atoms with Gasteiger partial charge in [0.15, 0.2) is 0 Å². The fourth-order valence-corrected chi connectivity index (χ4v) is 3.35. The number of anilines is 1. The summed E-state index contributed by atoms with van der Waals surface area (Å²) >= 11 is 0. The Kier molecular flexibility index (Phi) is 3.45. The summed E-state index contributed by atoms with van der Waals surface area (Å²) in [6, 6.07) is 7.31. The van der Waals surface area contributed by atoms with Crippen molar-refractivity contribution in [3.8, 4) is 0 Å². The molecule has 2 aliphatic heterocycles. The normalized spacial score (nSPS) is 28.2. The number of rotatable bonds is 2. The zero-order valence-electron chi connectivity index (χ0n) is 12.1. The molecule has 112 valence electrons. The third-order valence-electron chi connectivity index (χ3n) is 4.60. The van der Waals surface area contributed by atoms with Gasteiger partial charge in [-0.1, -0.05) is 18.2 Å². The second-order valence-electron chi connectivity index (χ2n) is 6.08. The highest BCUT2D eigenvalue weighted by atomic mass is 16.4. The van der Waals surface area contributed by atoms with E-state index in [2.05, 4.69) is 5.32 Å². The number of hydrogen-bond acceptors (Lipinski definition) is 3. The SMILES string of the molecule is CC1(C(=O)N2CC(C(=O)O)c3ccccc32)CCCCN1. The Bertz CT molecular complexity index is 579. The van der Waals surface area contributed by atoms with Gasteiger partial charge in [0, 0.05) is 12.2 Å². The highest BCUT2D eigenvalue weighted by molar-refractivity contribution is 6.03. The maximum Gasteiger partial charge on any atom is 0.312 e. The van der Waals surface area contributed by atoms with Gasteiger partial charge in [0.1, 0.15) is 5.92 Å². The first-order valence-electron chi connectivity index (χ1n) is 7.42. The van der Waals surface area contributed by atoms with Crippen LogP contribution in [0.15, 0.2) is 24.3 Å². The van der Waals surface area contributed by atoms with Crippen LogP contribution in [-0.2, 0) is 9.59 Å². The summed E-state index contributed by atoms with van der Waals surface area (Å²) in [5.41, 5.74) is 0.889. The zero-order chi connectivity index (χ0) is 15.0. The highest BCUT2D eigenvalue weighted by Crippen LogP contribution is 2.38. The first kappa shape index (κ1) is 14.1. The monoisotopic (exact) mass is 288 g/mol. The molecule has 3 rings (SSSR count). The molecule has 0 spiro atoms. The Morgan fingerprint density at radius 1 is 1.33 bits per heavy atom. The van der Waals surface area contributed by atoms with E-state index in [1.807, 2.05) is 25.1 Å². The van der Waals surface area contributed by atoms with Gasteiger partial charge in [-0.15, -0.1) is 0 Å². The number of nitrogens with one attached hydrogen (secondary N) is 1. The van der Waals surface area contributed by atoms with Gasteiger partial charge < -0.3 is 15.3 Å². The van der Waals surface area contributed by atoms with Crippen molar-refractivity contribution in [2.24, 2.45) is 0 Å². The van der Waals surface area contributed by atoms with E-state index < -0.39 is 17.4 Å². The molecular formula is C16H20N2O3. The lowest BCUT2D eigenvalue weighted by Crippen LogP contribution is -2.58. The smallest absolute Gasteiger partial charge is 0.312 e. The first-order chi connectivity index (χ1) is 10.0. The Morgan fingerprint density at radius 2 is 2.10 bits per heavy atom. The topological polar surface area (TPSA) is 69.6 Å². The van der Waals surface area contributed by atoms with Crippen LogP contribution in [0.5, 0.6) is 0 Å². The minimum absolute atomic E-state index is 0.0154. The zero-order valence-corrected chi connectivity index (χ0v) is 12.1. The van der Waals surface area contributed by atoms with Crippen LogP contribution in [0, 0.1) is 0 Å². The number of carboxylic acid groups (broad SMARTS) is 1. The number of carboxylic acids is 1. The van der Waals surface area contributed by atoms with Crippen LogP contribution in [0.2, 0.25) is 0 Å². The minimum atomic E-state index is -0.875. The van der Waals surface area contributed by atoms with Crippen molar-refractivity contribution in [1.82, 2.24) is 5.32 Å². The predicted octanol–water partition coefficient (Wildman–Crippen LogP) is 1.73. The van der Waals surface area contributed by atoms with Gasteiger partial charge in [-0.2, -0.15) is 0 Å². The molecular weight excluding hydrogens is 268 g/mol. The quantitative estimate of drug-likeness (QED) is 0.869. The van der Waals surface area contributed by atoms with E-state index in [0.717, 1.165) is 37.1 Å². The molecule has 1 saturated heterocycles. The van der Waals surface area contributed by atoms with E-state index in [0.29, 0.717) is 0 Å². The van der Waals surface area contributed by atoms with Crippen molar-refractivity contribution in [1.29, 1.82) is 0 Å². The van der Waals surface area contributed by atoms with Gasteiger partial charge in [0.25, 0.3) is 0 Å². The molecule has 2 heterocycles. The van der Waals surface area contributed by atoms with Crippen molar-refractivity contribution >= 4 is 17.6 Å². The summed E-state index contributed by atoms with van der Waals surface area (Å²) < 4.78 is 0. The molecule has 5 heteroatoms. The Hall–Kier alpha value is -1.88. The number of nitrogens with zero attached hydrogens (tertiary/aromatic N) is 1. The molecule has 5 nitrogen and oxygen atoms in total. The van der Waals surface area contributed by atoms with Crippen LogP contribution in [-0.4, -0.2) is 35.6 Å². The van der Waals surface area contributed by atoms with Gasteiger partial charge >= 0.3 is 5.97 Å². The Balaban J connectivity index is 1.93. The molecule has 0 aliphatic carbocycles. The molecule has 0 radical (unpaired) electrons. The fraction of sp³-hybridized carbons (Fsp3) is 0.500. The number of piperidine rings is 1. The molecule has 0 saturated carbocycles. The average molecular weight is 288 g/mol. The summed E-state index contributed by atoms with van der Waals surface area (Å²) in [5, 5.41) is 12.7. The molecule has 2 unspecified atom stereocenters. The second-order valence-corrected chi connectivity index (χ2v) is 6.08. The van der Waals surface area contributed by atoms with Gasteiger partial charge in [-0.3, -0.25) is 9.59 Å². The third kappa shape index (κ3) is 2.31. The summed E-state index contributed by atoms with van der Waals surface area (Å²) in [5.74, 6) is -1.52. The van der Waals surface area contributed by atoms with Crippen LogP contribution in [0.3, 0.4) is 0 Å². The number of hydrogen-bond donors (Lipinski definition) is 2. The fourth-order valence-electron chi connectivity index (χ4n) is 3.35. The molecule has 1 amide bonds. The molecule has 0 bridgehead atoms. The minimum Gasteiger partial charge on any atom is -0.481 e. The second kappa shape index (κ2) is 5.15. The van der Waals surface area contributed by atoms with Gasteiger partial charge in [-0.05, 0) is 44.4 Å². The largest absolute Gasteiger partial charge is 0.481 e. The molecule has 0 aromatic heterocycles. The van der Waals surface area contributed by atoms with E-state index >= 15 is 0 Å². The van der Waals surface area contributed by atoms with E-state index in [1.165, 1.54) is 0 Å². The van der Waals surface area contributed by atoms with E-state index in [1.54, 1.807) is 11.0 Å². The van der Waals surface area contributed by atoms with Crippen LogP contribution in [0.25, 0.3) is 0 Å². The Labute approximate surface area is 123 Å². The summed E-state index contributed by atoms with van der Waals surface area (Å²) in [7, 11) is 0. The number of para-hydroxylation sites is 1. The van der Waals surface area contributed by atoms with E-state index in [4.69, 9.17) is 0 Å². The lowest BCUT2D eigenvalue weighted by Gasteiger charge is -2.36. The van der Waals surface area contributed by atoms with Crippen LogP contribution in [0.4, 0.5) is 5.69 Å². The molecule has 1 fully saturated rings. The van der Waals surface area contributed by atoms with Crippen molar-refractivity contribution in [3.63, 3.8) is 0 Å². The van der Waals surface area contributed by atoms with Crippen LogP contribution < -0.4 is 10.2 Å². The van der Waals surface area contributed by atoms with Gasteiger partial charge in [0.05, 0.1) is 5.54 Å². The molecule has 2 N–H and O–H groups in total. The molecule has 1 aromatic rings. The van der Waals surface area contributed by atoms with E-state index in [9.17, 15) is 14.7 Å². The highest BCUT2D eigenvalue weighted by Gasteiger charge is 2.43. The lowest BCUT2D eigenvalue weighted by molar-refractivity contribution is -0.138. The Morgan fingerprint density at radius 3 is 2.76 bits per heavy atom. The van der Waals surface area contributed by atoms with Crippen molar-refractivity contribution in [3.05, 3.63) is 29.8 Å². The standard InChI is InChI=1S/C16H20N2O3/c1-16(8-4-5-9-17-16)15(21)18-10-12(14(19)20)11-6-2-3-7-13(11)18/h2-3,6-7,12,17H,4-5,8-10H2,1H3,(H,19,20). The number of benzene rings is 1. The maximum atomic E-state index is 12.9. The summed E-state index contributed by atoms with van der Waals surface area (Å²) in [6.07, 6.45) is 2.90. The van der Waals surface area contributed by atoms with Crippen LogP contribution >= 0.6 is 0 Å². The number of carbonyl (C=O) groups is 2. The maximum absolute atomic E-state index is 12.9. The van der Waals surface area contributed by atoms with Crippen molar-refractivity contribution in [2.45, 2.75) is 37.6 Å². The lowest BCUT2D eigenvalue weighted by atomic mass is 9.89. The number of carbonyl (C=O) groups excluding carboxylic acids is 1. The summed E-state index contributed by atoms with van der Waals surface area (Å²) in [4.78, 5) is 26.0. The van der Waals surface area contributed by atoms with Gasteiger partial charge in [0.2, 0.25) is 5.91 Å². The third-order valence-corrected chi connectivity index (χ3v) is 4.60. The molecule has 2 atom stereocenters. The number of aliphatic carboxylic acids is 1. The van der Waals surface area contributed by atoms with E-state index in [-0.39, 0.29) is 12.5 Å². The molecule has 1 aromatic carbocycles. The van der Waals surface area contributed by atoms with Crippen molar-refractivity contribution in [2.75, 3.05) is 18.0 Å². The average Bonchev–Trinajstić information content (AvgIpc) is 2.87. The predicted molar refractivity (Wildman–Crippen MR) is 79.4 cm³/mol. The number of amides is 1. The molecule has 2 aliphatic rings.